The van der Waals surface area contributed by atoms with Gasteiger partial charge in [0.25, 0.3) is 0 Å². The van der Waals surface area contributed by atoms with Gasteiger partial charge in [-0.2, -0.15) is 0 Å². The van der Waals surface area contributed by atoms with Crippen LogP contribution in [0.25, 0.3) is 0 Å². The van der Waals surface area contributed by atoms with Crippen molar-refractivity contribution in [1.82, 2.24) is 14.9 Å². The van der Waals surface area contributed by atoms with Crippen molar-refractivity contribution in [3.05, 3.63) is 18.1 Å². The van der Waals surface area contributed by atoms with Crippen LogP contribution in [0.15, 0.2) is 12.3 Å². The molecule has 1 aliphatic carbocycles. The molecule has 88 valence electrons. The number of nitrogens with two attached hydrogens (primary N) is 1. The summed E-state index contributed by atoms with van der Waals surface area (Å²) in [4.78, 5) is 10.7. The third-order valence-corrected chi connectivity index (χ3v) is 3.28. The molecule has 0 radical (unpaired) electrons. The molecule has 0 atom stereocenters. The molecule has 1 aromatic heterocycles. The van der Waals surface area contributed by atoms with Crippen LogP contribution in [-0.4, -0.2) is 28.5 Å². The van der Waals surface area contributed by atoms with E-state index in [1.807, 2.05) is 0 Å². The Labute approximate surface area is 96.9 Å². The smallest absolute Gasteiger partial charge is 0.144 e. The van der Waals surface area contributed by atoms with Crippen LogP contribution >= 0.6 is 0 Å². The van der Waals surface area contributed by atoms with E-state index in [0.717, 1.165) is 24.8 Å². The van der Waals surface area contributed by atoms with Crippen LogP contribution in [0.5, 0.6) is 0 Å². The molecule has 0 bridgehead atoms. The van der Waals surface area contributed by atoms with E-state index in [1.54, 1.807) is 12.3 Å². The molecule has 1 fully saturated rings. The number of hydrogen-bond acceptors (Lipinski definition) is 4. The van der Waals surface area contributed by atoms with E-state index >= 15 is 0 Å². The molecule has 0 aliphatic heterocycles. The largest absolute Gasteiger partial charge is 0.384 e. The Balaban J connectivity index is 1.75. The van der Waals surface area contributed by atoms with E-state index in [-0.39, 0.29) is 0 Å². The second-order valence-corrected chi connectivity index (χ2v) is 4.72. The van der Waals surface area contributed by atoms with Crippen LogP contribution in [0.1, 0.15) is 31.5 Å². The Morgan fingerprint density at radius 2 is 2.31 bits per heavy atom. The minimum absolute atomic E-state index is 0.553. The van der Waals surface area contributed by atoms with Gasteiger partial charge in [-0.05, 0) is 32.0 Å². The van der Waals surface area contributed by atoms with Crippen molar-refractivity contribution in [2.45, 2.75) is 32.2 Å². The van der Waals surface area contributed by atoms with E-state index in [9.17, 15) is 0 Å². The van der Waals surface area contributed by atoms with Gasteiger partial charge in [0.05, 0.1) is 6.54 Å². The Bertz CT molecular complexity index is 336. The highest BCUT2D eigenvalue weighted by molar-refractivity contribution is 5.24. The molecule has 2 rings (SSSR count). The number of anilines is 1. The van der Waals surface area contributed by atoms with Gasteiger partial charge in [0.1, 0.15) is 11.6 Å². The highest BCUT2D eigenvalue weighted by Gasteiger charge is 2.17. The summed E-state index contributed by atoms with van der Waals surface area (Å²) in [5.41, 5.74) is 5.62. The summed E-state index contributed by atoms with van der Waals surface area (Å²) in [6.45, 7) is 1.92. The summed E-state index contributed by atoms with van der Waals surface area (Å²) in [5.74, 6) is 2.33. The fourth-order valence-electron chi connectivity index (χ4n) is 2.00. The van der Waals surface area contributed by atoms with E-state index in [0.29, 0.717) is 5.82 Å². The zero-order valence-electron chi connectivity index (χ0n) is 9.89. The molecule has 2 N–H and O–H groups in total. The molecule has 4 nitrogen and oxygen atoms in total. The average molecular weight is 220 g/mol. The molecule has 0 aromatic carbocycles. The molecule has 1 heterocycles. The normalized spacial score (nSPS) is 16.4. The van der Waals surface area contributed by atoms with Crippen LogP contribution in [-0.2, 0) is 6.54 Å². The Morgan fingerprint density at radius 1 is 1.50 bits per heavy atom. The van der Waals surface area contributed by atoms with Crippen LogP contribution < -0.4 is 5.73 Å². The third-order valence-electron chi connectivity index (χ3n) is 3.28. The predicted octanol–water partition coefficient (Wildman–Crippen LogP) is 1.68. The maximum absolute atomic E-state index is 5.62. The number of nitrogens with zero attached hydrogens (tertiary/aromatic N) is 3. The summed E-state index contributed by atoms with van der Waals surface area (Å²) >= 11 is 0. The number of hydrogen-bond donors (Lipinski definition) is 1. The molecule has 16 heavy (non-hydrogen) atoms. The Morgan fingerprint density at radius 3 is 2.94 bits per heavy atom. The average Bonchev–Trinajstić information content (AvgIpc) is 2.15. The monoisotopic (exact) mass is 220 g/mol. The van der Waals surface area contributed by atoms with Gasteiger partial charge in [0.2, 0.25) is 0 Å². The Hall–Kier alpha value is -1.16. The van der Waals surface area contributed by atoms with Crippen molar-refractivity contribution in [1.29, 1.82) is 0 Å². The summed E-state index contributed by atoms with van der Waals surface area (Å²) in [6, 6.07) is 1.72. The molecular weight excluding hydrogens is 200 g/mol. The van der Waals surface area contributed by atoms with Crippen molar-refractivity contribution in [2.75, 3.05) is 19.3 Å². The van der Waals surface area contributed by atoms with Crippen LogP contribution in [0.4, 0.5) is 5.82 Å². The first-order valence-electron chi connectivity index (χ1n) is 6.00. The molecule has 1 aromatic rings. The lowest BCUT2D eigenvalue weighted by Crippen LogP contribution is -2.24. The Kier molecular flexibility index (Phi) is 3.72. The fraction of sp³-hybridized carbons (Fsp3) is 0.667. The number of aromatic nitrogens is 2. The minimum atomic E-state index is 0.553. The van der Waals surface area contributed by atoms with Gasteiger partial charge in [-0.25, -0.2) is 9.97 Å². The van der Waals surface area contributed by atoms with Gasteiger partial charge in [0.15, 0.2) is 0 Å². The predicted molar refractivity (Wildman–Crippen MR) is 64.7 cm³/mol. The molecule has 0 spiro atoms. The van der Waals surface area contributed by atoms with Crippen molar-refractivity contribution >= 4 is 5.82 Å². The first-order chi connectivity index (χ1) is 7.74. The number of nitrogen functional groups attached to an aromatic ring is 1. The second kappa shape index (κ2) is 5.25. The molecule has 4 heteroatoms. The van der Waals surface area contributed by atoms with Gasteiger partial charge in [0, 0.05) is 6.20 Å². The maximum Gasteiger partial charge on any atom is 0.144 e. The highest BCUT2D eigenvalue weighted by Crippen LogP contribution is 2.29. The summed E-state index contributed by atoms with van der Waals surface area (Å²) in [6.07, 6.45) is 7.29. The van der Waals surface area contributed by atoms with Crippen LogP contribution in [0, 0.1) is 5.92 Å². The lowest BCUT2D eigenvalue weighted by molar-refractivity contribution is 0.232. The summed E-state index contributed by atoms with van der Waals surface area (Å²) < 4.78 is 0. The zero-order valence-corrected chi connectivity index (χ0v) is 9.89. The van der Waals surface area contributed by atoms with Gasteiger partial charge in [-0.1, -0.05) is 19.3 Å². The fourth-order valence-corrected chi connectivity index (χ4v) is 2.00. The quantitative estimate of drug-likeness (QED) is 0.820. The second-order valence-electron chi connectivity index (χ2n) is 4.72. The van der Waals surface area contributed by atoms with Crippen molar-refractivity contribution in [2.24, 2.45) is 5.92 Å². The SMILES string of the molecule is CN(CCC1CCC1)Cc1nccc(N)n1. The third kappa shape index (κ3) is 3.17. The molecule has 0 amide bonds. The number of rotatable bonds is 5. The van der Waals surface area contributed by atoms with Crippen molar-refractivity contribution < 1.29 is 0 Å². The topological polar surface area (TPSA) is 55.0 Å². The van der Waals surface area contributed by atoms with Gasteiger partial charge in [-0.15, -0.1) is 0 Å². The molecule has 1 saturated carbocycles. The van der Waals surface area contributed by atoms with Gasteiger partial charge < -0.3 is 5.73 Å². The summed E-state index contributed by atoms with van der Waals surface area (Å²) in [5, 5.41) is 0. The maximum atomic E-state index is 5.62. The van der Waals surface area contributed by atoms with Crippen molar-refractivity contribution in [3.8, 4) is 0 Å². The lowest BCUT2D eigenvalue weighted by atomic mass is 9.83. The summed E-state index contributed by atoms with van der Waals surface area (Å²) in [7, 11) is 2.12. The van der Waals surface area contributed by atoms with Gasteiger partial charge in [-0.3, -0.25) is 4.90 Å². The van der Waals surface area contributed by atoms with Crippen LogP contribution in [0.3, 0.4) is 0 Å². The molecule has 1 aliphatic rings. The van der Waals surface area contributed by atoms with Gasteiger partial charge >= 0.3 is 0 Å². The van der Waals surface area contributed by atoms with E-state index in [1.165, 1.54) is 25.7 Å². The van der Waals surface area contributed by atoms with E-state index in [2.05, 4.69) is 21.9 Å². The lowest BCUT2D eigenvalue weighted by Gasteiger charge is -2.27. The standard InChI is InChI=1S/C12H20N4/c1-16(8-6-10-3-2-4-10)9-12-14-7-5-11(13)15-12/h5,7,10H,2-4,6,8-9H2,1H3,(H2,13,14,15). The highest BCUT2D eigenvalue weighted by atomic mass is 15.1. The van der Waals surface area contributed by atoms with Crippen LogP contribution in [0.2, 0.25) is 0 Å². The first-order valence-corrected chi connectivity index (χ1v) is 6.00. The molecule has 0 unspecified atom stereocenters. The minimum Gasteiger partial charge on any atom is -0.384 e. The first kappa shape index (κ1) is 11.3. The van der Waals surface area contributed by atoms with Crippen molar-refractivity contribution in [3.63, 3.8) is 0 Å². The molecule has 0 saturated heterocycles. The molecular formula is C12H20N4. The van der Waals surface area contributed by atoms with E-state index in [4.69, 9.17) is 5.73 Å². The zero-order chi connectivity index (χ0) is 11.4. The van der Waals surface area contributed by atoms with E-state index < -0.39 is 0 Å².